The predicted octanol–water partition coefficient (Wildman–Crippen LogP) is 2.66. The highest BCUT2D eigenvalue weighted by atomic mass is 35.5. The van der Waals surface area contributed by atoms with Gasteiger partial charge in [-0.1, -0.05) is 29.8 Å². The van der Waals surface area contributed by atoms with E-state index in [1.54, 1.807) is 43.3 Å². The third-order valence-electron chi connectivity index (χ3n) is 4.36. The molecule has 3 rings (SSSR count). The van der Waals surface area contributed by atoms with Crippen LogP contribution in [0.1, 0.15) is 17.3 Å². The van der Waals surface area contributed by atoms with Crippen molar-refractivity contribution in [1.29, 1.82) is 0 Å². The van der Waals surface area contributed by atoms with E-state index in [2.05, 4.69) is 5.32 Å². The Morgan fingerprint density at radius 2 is 1.81 bits per heavy atom. The summed E-state index contributed by atoms with van der Waals surface area (Å²) in [5.41, 5.74) is 1.02. The van der Waals surface area contributed by atoms with Crippen molar-refractivity contribution in [3.63, 3.8) is 0 Å². The number of carbonyl (C=O) groups excluding carboxylic acids is 3. The van der Waals surface area contributed by atoms with Crippen LogP contribution in [0.25, 0.3) is 0 Å². The van der Waals surface area contributed by atoms with E-state index in [1.807, 2.05) is 18.2 Å². The summed E-state index contributed by atoms with van der Waals surface area (Å²) in [7, 11) is 0. The van der Waals surface area contributed by atoms with Gasteiger partial charge in [0.15, 0.2) is 0 Å². The zero-order chi connectivity index (χ0) is 19.4. The molecule has 0 aliphatic carbocycles. The number of anilines is 1. The summed E-state index contributed by atoms with van der Waals surface area (Å²) in [6.45, 7) is 2.05. The number of esters is 1. The van der Waals surface area contributed by atoms with E-state index in [-0.39, 0.29) is 19.1 Å². The van der Waals surface area contributed by atoms with E-state index in [0.29, 0.717) is 16.3 Å². The molecule has 0 aromatic heterocycles. The van der Waals surface area contributed by atoms with E-state index in [9.17, 15) is 14.4 Å². The SMILES string of the molecule is CCOC(=O)[C@H]1CN(c2ccccc2)C(=O)[C@H]1NC(=O)c1ccc(Cl)cc1. The second-order valence-corrected chi connectivity index (χ2v) is 6.54. The number of para-hydroxylation sites is 1. The van der Waals surface area contributed by atoms with E-state index >= 15 is 0 Å². The van der Waals surface area contributed by atoms with Gasteiger partial charge in [-0.05, 0) is 43.3 Å². The summed E-state index contributed by atoms with van der Waals surface area (Å²) in [4.78, 5) is 39.3. The molecule has 6 nitrogen and oxygen atoms in total. The monoisotopic (exact) mass is 386 g/mol. The van der Waals surface area contributed by atoms with Gasteiger partial charge < -0.3 is 15.0 Å². The van der Waals surface area contributed by atoms with Crippen LogP contribution in [0.5, 0.6) is 0 Å². The maximum absolute atomic E-state index is 12.9. The molecule has 1 N–H and O–H groups in total. The number of carbonyl (C=O) groups is 3. The first-order valence-electron chi connectivity index (χ1n) is 8.60. The van der Waals surface area contributed by atoms with Crippen molar-refractivity contribution in [2.75, 3.05) is 18.1 Å². The minimum absolute atomic E-state index is 0.146. The van der Waals surface area contributed by atoms with Crippen LogP contribution in [0.3, 0.4) is 0 Å². The number of nitrogens with one attached hydrogen (secondary N) is 1. The Kier molecular flexibility index (Phi) is 5.76. The molecule has 2 amide bonds. The molecule has 2 aromatic carbocycles. The lowest BCUT2D eigenvalue weighted by Crippen LogP contribution is -2.46. The Bertz CT molecular complexity index is 839. The van der Waals surface area contributed by atoms with Crippen molar-refractivity contribution in [3.8, 4) is 0 Å². The Morgan fingerprint density at radius 1 is 1.15 bits per heavy atom. The first kappa shape index (κ1) is 18.9. The molecule has 2 aromatic rings. The van der Waals surface area contributed by atoms with Gasteiger partial charge in [0.25, 0.3) is 11.8 Å². The molecule has 7 heteroatoms. The zero-order valence-corrected chi connectivity index (χ0v) is 15.5. The van der Waals surface area contributed by atoms with Gasteiger partial charge in [0.1, 0.15) is 12.0 Å². The van der Waals surface area contributed by atoms with Gasteiger partial charge in [-0.25, -0.2) is 0 Å². The molecule has 27 heavy (non-hydrogen) atoms. The summed E-state index contributed by atoms with van der Waals surface area (Å²) in [5, 5.41) is 3.18. The second kappa shape index (κ2) is 8.22. The number of benzene rings is 2. The summed E-state index contributed by atoms with van der Waals surface area (Å²) in [6, 6.07) is 14.3. The molecule has 1 saturated heterocycles. The molecule has 0 radical (unpaired) electrons. The first-order valence-corrected chi connectivity index (χ1v) is 8.98. The van der Waals surface area contributed by atoms with Gasteiger partial charge in [0.2, 0.25) is 0 Å². The summed E-state index contributed by atoms with van der Waals surface area (Å²) in [6.07, 6.45) is 0. The van der Waals surface area contributed by atoms with Crippen LogP contribution in [0.4, 0.5) is 5.69 Å². The average molecular weight is 387 g/mol. The third-order valence-corrected chi connectivity index (χ3v) is 4.62. The van der Waals surface area contributed by atoms with Gasteiger partial charge in [0, 0.05) is 22.8 Å². The van der Waals surface area contributed by atoms with Gasteiger partial charge >= 0.3 is 5.97 Å². The maximum atomic E-state index is 12.9. The molecule has 0 saturated carbocycles. The summed E-state index contributed by atoms with van der Waals surface area (Å²) in [5.74, 6) is -2.09. The highest BCUT2D eigenvalue weighted by Gasteiger charge is 2.46. The van der Waals surface area contributed by atoms with Gasteiger partial charge in [-0.3, -0.25) is 14.4 Å². The van der Waals surface area contributed by atoms with E-state index in [1.165, 1.54) is 4.90 Å². The predicted molar refractivity (Wildman–Crippen MR) is 102 cm³/mol. The fraction of sp³-hybridized carbons (Fsp3) is 0.250. The highest BCUT2D eigenvalue weighted by Crippen LogP contribution is 2.26. The van der Waals surface area contributed by atoms with Crippen LogP contribution in [0, 0.1) is 5.92 Å². The average Bonchev–Trinajstić information content (AvgIpc) is 3.00. The lowest BCUT2D eigenvalue weighted by atomic mass is 10.0. The standard InChI is InChI=1S/C20H19ClN2O4/c1-2-27-20(26)16-12-23(15-6-4-3-5-7-15)19(25)17(16)22-18(24)13-8-10-14(21)11-9-13/h3-11,16-17H,2,12H2,1H3,(H,22,24)/t16-,17-/m0/s1. The minimum Gasteiger partial charge on any atom is -0.466 e. The van der Waals surface area contributed by atoms with Crippen molar-refractivity contribution >= 4 is 35.1 Å². The van der Waals surface area contributed by atoms with Crippen LogP contribution in [-0.2, 0) is 14.3 Å². The van der Waals surface area contributed by atoms with Crippen molar-refractivity contribution in [2.45, 2.75) is 13.0 Å². The van der Waals surface area contributed by atoms with Crippen molar-refractivity contribution in [1.82, 2.24) is 5.32 Å². The molecule has 0 spiro atoms. The molecular formula is C20H19ClN2O4. The number of amides is 2. The maximum Gasteiger partial charge on any atom is 0.313 e. The zero-order valence-electron chi connectivity index (χ0n) is 14.7. The molecule has 2 atom stereocenters. The molecule has 1 heterocycles. The number of halogens is 1. The molecule has 0 unspecified atom stereocenters. The number of rotatable bonds is 5. The van der Waals surface area contributed by atoms with Crippen LogP contribution in [-0.4, -0.2) is 37.0 Å². The van der Waals surface area contributed by atoms with E-state index < -0.39 is 23.8 Å². The van der Waals surface area contributed by atoms with E-state index in [4.69, 9.17) is 16.3 Å². The van der Waals surface area contributed by atoms with Gasteiger partial charge in [-0.2, -0.15) is 0 Å². The topological polar surface area (TPSA) is 75.7 Å². The van der Waals surface area contributed by atoms with Gasteiger partial charge in [-0.15, -0.1) is 0 Å². The Balaban J connectivity index is 1.84. The lowest BCUT2D eigenvalue weighted by Gasteiger charge is -2.17. The quantitative estimate of drug-likeness (QED) is 0.801. The van der Waals surface area contributed by atoms with Crippen LogP contribution < -0.4 is 10.2 Å². The smallest absolute Gasteiger partial charge is 0.313 e. The minimum atomic E-state index is -0.993. The van der Waals surface area contributed by atoms with Crippen molar-refractivity contribution in [3.05, 3.63) is 65.2 Å². The van der Waals surface area contributed by atoms with Crippen molar-refractivity contribution in [2.24, 2.45) is 5.92 Å². The number of hydrogen-bond donors (Lipinski definition) is 1. The van der Waals surface area contributed by atoms with Crippen LogP contribution in [0.2, 0.25) is 5.02 Å². The summed E-state index contributed by atoms with van der Waals surface area (Å²) < 4.78 is 5.11. The third kappa shape index (κ3) is 4.11. The second-order valence-electron chi connectivity index (χ2n) is 6.10. The molecule has 1 fully saturated rings. The molecule has 1 aliphatic heterocycles. The fourth-order valence-corrected chi connectivity index (χ4v) is 3.15. The molecule has 0 bridgehead atoms. The lowest BCUT2D eigenvalue weighted by molar-refractivity contribution is -0.148. The van der Waals surface area contributed by atoms with Crippen molar-refractivity contribution < 1.29 is 19.1 Å². The molecule has 140 valence electrons. The largest absolute Gasteiger partial charge is 0.466 e. The summed E-state index contributed by atoms with van der Waals surface area (Å²) >= 11 is 5.84. The number of ether oxygens (including phenoxy) is 1. The normalized spacial score (nSPS) is 19.0. The van der Waals surface area contributed by atoms with E-state index in [0.717, 1.165) is 0 Å². The highest BCUT2D eigenvalue weighted by molar-refractivity contribution is 6.30. The van der Waals surface area contributed by atoms with Crippen LogP contribution >= 0.6 is 11.6 Å². The fourth-order valence-electron chi connectivity index (χ4n) is 3.02. The molecule has 1 aliphatic rings. The van der Waals surface area contributed by atoms with Gasteiger partial charge in [0.05, 0.1) is 6.61 Å². The molecular weight excluding hydrogens is 368 g/mol. The Morgan fingerprint density at radius 3 is 2.44 bits per heavy atom. The first-order chi connectivity index (χ1) is 13.0. The Hall–Kier alpha value is -2.86. The number of nitrogens with zero attached hydrogens (tertiary/aromatic N) is 1. The van der Waals surface area contributed by atoms with Crippen LogP contribution in [0.15, 0.2) is 54.6 Å². The number of hydrogen-bond acceptors (Lipinski definition) is 4. The Labute approximate surface area is 162 Å².